The molecule has 1 aromatic carbocycles. The van der Waals surface area contributed by atoms with Gasteiger partial charge < -0.3 is 0 Å². The molecule has 0 fully saturated rings. The summed E-state index contributed by atoms with van der Waals surface area (Å²) in [4.78, 5) is 0.954. The molecule has 0 aliphatic carbocycles. The zero-order valence-electron chi connectivity index (χ0n) is 7.33. The first-order valence-corrected chi connectivity index (χ1v) is 5.36. The quantitative estimate of drug-likeness (QED) is 0.634. The van der Waals surface area contributed by atoms with Gasteiger partial charge in [-0.1, -0.05) is 29.7 Å². The maximum atomic E-state index is 5.80. The maximum absolute atomic E-state index is 5.80. The molecule has 0 aliphatic rings. The Morgan fingerprint density at radius 3 is 2.43 bits per heavy atom. The molecule has 2 heteroatoms. The van der Waals surface area contributed by atoms with E-state index in [4.69, 9.17) is 18.0 Å². The van der Waals surface area contributed by atoms with Crippen LogP contribution < -0.4 is 0 Å². The van der Waals surface area contributed by atoms with Crippen LogP contribution in [0.15, 0.2) is 35.7 Å². The fourth-order valence-corrected chi connectivity index (χ4v) is 2.05. The Morgan fingerprint density at radius 1 is 1.14 bits per heavy atom. The summed E-state index contributed by atoms with van der Waals surface area (Å²) in [5, 5.41) is 2.81. The third-order valence-corrected chi connectivity index (χ3v) is 3.03. The first-order valence-electron chi connectivity index (χ1n) is 4.10. The van der Waals surface area contributed by atoms with E-state index in [1.54, 1.807) is 11.3 Å². The largest absolute Gasteiger partial charge is 0.135 e. The first-order chi connectivity index (χ1) is 6.79. The maximum Gasteiger partial charge on any atom is 0.0772 e. The van der Waals surface area contributed by atoms with Crippen molar-refractivity contribution in [2.45, 2.75) is 0 Å². The number of hydrogen-bond donors (Lipinski definition) is 0. The Hall–Kier alpha value is -1.23. The summed E-state index contributed by atoms with van der Waals surface area (Å²) in [7, 11) is 0. The Bertz CT molecular complexity index is 474. The monoisotopic (exact) mass is 218 g/mol. The van der Waals surface area contributed by atoms with Gasteiger partial charge in [-0.25, -0.2) is 0 Å². The fourth-order valence-electron chi connectivity index (χ4n) is 1.21. The summed E-state index contributed by atoms with van der Waals surface area (Å²) < 4.78 is 0. The summed E-state index contributed by atoms with van der Waals surface area (Å²) in [5.74, 6) is 2.62. The molecule has 0 aliphatic heterocycles. The van der Waals surface area contributed by atoms with E-state index in [-0.39, 0.29) is 0 Å². The lowest BCUT2D eigenvalue weighted by Gasteiger charge is -1.96. The van der Waals surface area contributed by atoms with Crippen LogP contribution in [0.25, 0.3) is 11.1 Å². The highest BCUT2D eigenvalue weighted by Crippen LogP contribution is 2.26. The molecule has 0 radical (unpaired) electrons. The summed E-state index contributed by atoms with van der Waals surface area (Å²) >= 11 is 7.38. The van der Waals surface area contributed by atoms with Crippen molar-refractivity contribution in [3.63, 3.8) is 0 Å². The number of hydrogen-bond acceptors (Lipinski definition) is 1. The molecule has 0 saturated heterocycles. The predicted molar refractivity (Wildman–Crippen MR) is 62.7 cm³/mol. The molecule has 0 spiro atoms. The fraction of sp³-hybridized carbons (Fsp3) is 0. The van der Waals surface area contributed by atoms with Crippen molar-refractivity contribution in [1.29, 1.82) is 0 Å². The second-order valence-electron chi connectivity index (χ2n) is 2.85. The van der Waals surface area contributed by atoms with Gasteiger partial charge >= 0.3 is 0 Å². The molecule has 0 bridgehead atoms. The summed E-state index contributed by atoms with van der Waals surface area (Å²) in [6.07, 6.45) is 5.30. The minimum atomic E-state index is 0.751. The zero-order valence-corrected chi connectivity index (χ0v) is 8.90. The molecule has 2 rings (SSSR count). The van der Waals surface area contributed by atoms with Gasteiger partial charge in [0.2, 0.25) is 0 Å². The molecule has 0 unspecified atom stereocenters. The molecular weight excluding hydrogens is 212 g/mol. The van der Waals surface area contributed by atoms with Gasteiger partial charge in [-0.05, 0) is 34.7 Å². The van der Waals surface area contributed by atoms with Crippen molar-refractivity contribution in [2.75, 3.05) is 0 Å². The number of terminal acetylenes is 1. The van der Waals surface area contributed by atoms with E-state index >= 15 is 0 Å². The van der Waals surface area contributed by atoms with Gasteiger partial charge in [-0.3, -0.25) is 0 Å². The lowest BCUT2D eigenvalue weighted by molar-refractivity contribution is 1.67. The second kappa shape index (κ2) is 3.88. The average molecular weight is 219 g/mol. The van der Waals surface area contributed by atoms with Gasteiger partial charge in [0.15, 0.2) is 0 Å². The Labute approximate surface area is 92.2 Å². The van der Waals surface area contributed by atoms with Crippen molar-refractivity contribution in [3.8, 4) is 23.5 Å². The number of halogens is 1. The smallest absolute Gasteiger partial charge is 0.0772 e. The van der Waals surface area contributed by atoms with Crippen molar-refractivity contribution >= 4 is 22.9 Å². The van der Waals surface area contributed by atoms with Crippen LogP contribution in [0, 0.1) is 12.3 Å². The van der Waals surface area contributed by atoms with Crippen LogP contribution in [0.5, 0.6) is 0 Å². The van der Waals surface area contributed by atoms with Gasteiger partial charge in [-0.2, -0.15) is 0 Å². The SMILES string of the molecule is C#Cc1cc(-c2ccc(Cl)cc2)cs1. The third kappa shape index (κ3) is 1.82. The van der Waals surface area contributed by atoms with E-state index in [1.807, 2.05) is 30.3 Å². The lowest BCUT2D eigenvalue weighted by Crippen LogP contribution is -1.71. The van der Waals surface area contributed by atoms with Crippen molar-refractivity contribution < 1.29 is 0 Å². The topological polar surface area (TPSA) is 0 Å². The van der Waals surface area contributed by atoms with Crippen molar-refractivity contribution in [1.82, 2.24) is 0 Å². The highest BCUT2D eigenvalue weighted by molar-refractivity contribution is 7.11. The van der Waals surface area contributed by atoms with E-state index in [0.29, 0.717) is 0 Å². The predicted octanol–water partition coefficient (Wildman–Crippen LogP) is 4.05. The molecule has 0 amide bonds. The van der Waals surface area contributed by atoms with Gasteiger partial charge in [0.25, 0.3) is 0 Å². The Balaban J connectivity index is 2.40. The van der Waals surface area contributed by atoms with Crippen LogP contribution >= 0.6 is 22.9 Å². The van der Waals surface area contributed by atoms with E-state index in [1.165, 1.54) is 0 Å². The van der Waals surface area contributed by atoms with E-state index in [0.717, 1.165) is 21.0 Å². The minimum Gasteiger partial charge on any atom is -0.135 e. The van der Waals surface area contributed by atoms with Gasteiger partial charge in [0.1, 0.15) is 0 Å². The molecule has 0 nitrogen and oxygen atoms in total. The molecule has 68 valence electrons. The third-order valence-electron chi connectivity index (χ3n) is 1.92. The number of rotatable bonds is 1. The van der Waals surface area contributed by atoms with Crippen LogP contribution in [-0.2, 0) is 0 Å². The molecule has 0 saturated carbocycles. The highest BCUT2D eigenvalue weighted by atomic mass is 35.5. The van der Waals surface area contributed by atoms with E-state index < -0.39 is 0 Å². The zero-order chi connectivity index (χ0) is 9.97. The van der Waals surface area contributed by atoms with Gasteiger partial charge in [0, 0.05) is 5.02 Å². The van der Waals surface area contributed by atoms with Crippen molar-refractivity contribution in [3.05, 3.63) is 45.6 Å². The average Bonchev–Trinajstić information content (AvgIpc) is 2.67. The lowest BCUT2D eigenvalue weighted by atomic mass is 10.1. The summed E-state index contributed by atoms with van der Waals surface area (Å²) in [5.41, 5.74) is 2.30. The molecule has 2 aromatic rings. The van der Waals surface area contributed by atoms with Crippen LogP contribution in [0.2, 0.25) is 5.02 Å². The number of thiophene rings is 1. The summed E-state index contributed by atoms with van der Waals surface area (Å²) in [6.45, 7) is 0. The normalized spacial score (nSPS) is 9.71. The Kier molecular flexibility index (Phi) is 2.58. The van der Waals surface area contributed by atoms with Crippen LogP contribution in [0.3, 0.4) is 0 Å². The van der Waals surface area contributed by atoms with Crippen molar-refractivity contribution in [2.24, 2.45) is 0 Å². The molecular formula is C12H7ClS. The standard InChI is InChI=1S/C12H7ClS/c1-2-12-7-10(8-14-12)9-3-5-11(13)6-4-9/h1,3-8H. The molecule has 1 aromatic heterocycles. The van der Waals surface area contributed by atoms with E-state index in [2.05, 4.69) is 11.3 Å². The van der Waals surface area contributed by atoms with Gasteiger partial charge in [-0.15, -0.1) is 17.8 Å². The van der Waals surface area contributed by atoms with Gasteiger partial charge in [0.05, 0.1) is 4.88 Å². The molecule has 0 N–H and O–H groups in total. The van der Waals surface area contributed by atoms with Crippen LogP contribution in [0.4, 0.5) is 0 Å². The molecule has 1 heterocycles. The summed E-state index contributed by atoms with van der Waals surface area (Å²) in [6, 6.07) is 9.75. The first kappa shape index (κ1) is 9.33. The molecule has 0 atom stereocenters. The van der Waals surface area contributed by atoms with Crippen LogP contribution in [0.1, 0.15) is 4.88 Å². The van der Waals surface area contributed by atoms with Crippen LogP contribution in [-0.4, -0.2) is 0 Å². The minimum absolute atomic E-state index is 0.751. The second-order valence-corrected chi connectivity index (χ2v) is 4.20. The highest BCUT2D eigenvalue weighted by Gasteiger charge is 2.00. The number of benzene rings is 1. The van der Waals surface area contributed by atoms with E-state index in [9.17, 15) is 0 Å². The molecule has 14 heavy (non-hydrogen) atoms. The Morgan fingerprint density at radius 2 is 1.86 bits per heavy atom.